The second-order valence-electron chi connectivity index (χ2n) is 2.83. The second-order valence-corrected chi connectivity index (χ2v) is 3.48. The molecule has 0 unspecified atom stereocenters. The summed E-state index contributed by atoms with van der Waals surface area (Å²) in [5.41, 5.74) is 1.30. The fourth-order valence-electron chi connectivity index (χ4n) is 1.19. The lowest BCUT2D eigenvalue weighted by Gasteiger charge is -2.09. The van der Waals surface area contributed by atoms with Crippen molar-refractivity contribution >= 4 is 29.0 Å². The quantitative estimate of drug-likeness (QED) is 0.592. The van der Waals surface area contributed by atoms with E-state index in [-0.39, 0.29) is 11.7 Å². The normalized spacial score (nSPS) is 10.0. The Kier molecular flexibility index (Phi) is 3.78. The highest BCUT2D eigenvalue weighted by Gasteiger charge is 2.14. The molecule has 2 nitrogen and oxygen atoms in total. The first-order valence-corrected chi connectivity index (χ1v) is 4.95. The van der Waals surface area contributed by atoms with Crippen molar-refractivity contribution in [2.75, 3.05) is 13.0 Å². The summed E-state index contributed by atoms with van der Waals surface area (Å²) in [6.45, 7) is 1.86. The lowest BCUT2D eigenvalue weighted by molar-refractivity contribution is 0.102. The van der Waals surface area contributed by atoms with Crippen molar-refractivity contribution in [1.29, 1.82) is 0 Å². The molecule has 1 rings (SSSR count). The van der Waals surface area contributed by atoms with Crippen molar-refractivity contribution in [2.45, 2.75) is 6.92 Å². The predicted octanol–water partition coefficient (Wildman–Crippen LogP) is 3.08. The van der Waals surface area contributed by atoms with Gasteiger partial charge in [-0.1, -0.05) is 17.7 Å². The first kappa shape index (κ1) is 11.3. The average molecular weight is 233 g/mol. The molecule has 0 aliphatic rings. The molecule has 4 heteroatoms. The van der Waals surface area contributed by atoms with Crippen LogP contribution >= 0.6 is 23.2 Å². The fraction of sp³-hybridized carbons (Fsp3) is 0.300. The van der Waals surface area contributed by atoms with Gasteiger partial charge in [-0.25, -0.2) is 0 Å². The van der Waals surface area contributed by atoms with E-state index in [4.69, 9.17) is 27.9 Å². The van der Waals surface area contributed by atoms with Crippen LogP contribution in [0.4, 0.5) is 0 Å². The van der Waals surface area contributed by atoms with E-state index >= 15 is 0 Å². The van der Waals surface area contributed by atoms with Crippen LogP contribution in [0.2, 0.25) is 5.02 Å². The van der Waals surface area contributed by atoms with E-state index in [0.717, 1.165) is 5.56 Å². The molecule has 0 aliphatic carbocycles. The number of aryl methyl sites for hydroxylation is 1. The Bertz CT molecular complexity index is 361. The minimum absolute atomic E-state index is 0.0774. The largest absolute Gasteiger partial charge is 0.495 e. The number of benzene rings is 1. The highest BCUT2D eigenvalue weighted by Crippen LogP contribution is 2.31. The zero-order valence-corrected chi connectivity index (χ0v) is 9.45. The molecular weight excluding hydrogens is 223 g/mol. The monoisotopic (exact) mass is 232 g/mol. The number of hydrogen-bond acceptors (Lipinski definition) is 2. The Labute approximate surface area is 92.8 Å². The lowest BCUT2D eigenvalue weighted by Crippen LogP contribution is -2.03. The number of halogens is 2. The predicted molar refractivity (Wildman–Crippen MR) is 57.8 cm³/mol. The van der Waals surface area contributed by atoms with Crippen LogP contribution in [0.25, 0.3) is 0 Å². The molecule has 0 saturated heterocycles. The van der Waals surface area contributed by atoms with Crippen LogP contribution in [-0.4, -0.2) is 18.8 Å². The van der Waals surface area contributed by atoms with Gasteiger partial charge in [-0.05, 0) is 18.6 Å². The van der Waals surface area contributed by atoms with Crippen molar-refractivity contribution < 1.29 is 9.53 Å². The van der Waals surface area contributed by atoms with Gasteiger partial charge in [-0.2, -0.15) is 0 Å². The summed E-state index contributed by atoms with van der Waals surface area (Å²) in [6.07, 6.45) is 0. The molecule has 76 valence electrons. The molecule has 0 N–H and O–H groups in total. The van der Waals surface area contributed by atoms with Gasteiger partial charge < -0.3 is 4.74 Å². The third-order valence-electron chi connectivity index (χ3n) is 1.92. The summed E-state index contributed by atoms with van der Waals surface area (Å²) in [7, 11) is 1.52. The molecule has 0 fully saturated rings. The van der Waals surface area contributed by atoms with E-state index in [1.54, 1.807) is 12.1 Å². The summed E-state index contributed by atoms with van der Waals surface area (Å²) >= 11 is 11.4. The van der Waals surface area contributed by atoms with Crippen LogP contribution in [0.3, 0.4) is 0 Å². The van der Waals surface area contributed by atoms with Gasteiger partial charge in [0.05, 0.1) is 18.0 Å². The zero-order valence-electron chi connectivity index (χ0n) is 7.93. The second kappa shape index (κ2) is 4.67. The molecule has 0 amide bonds. The molecular formula is C10H10Cl2O2. The smallest absolute Gasteiger partial charge is 0.179 e. The van der Waals surface area contributed by atoms with E-state index in [1.165, 1.54) is 7.11 Å². The maximum absolute atomic E-state index is 11.3. The summed E-state index contributed by atoms with van der Waals surface area (Å²) in [5.74, 6) is 0.254. The van der Waals surface area contributed by atoms with E-state index in [1.807, 2.05) is 6.92 Å². The summed E-state index contributed by atoms with van der Waals surface area (Å²) < 4.78 is 5.08. The molecule has 0 saturated carbocycles. The van der Waals surface area contributed by atoms with Crippen molar-refractivity contribution in [1.82, 2.24) is 0 Å². The van der Waals surface area contributed by atoms with Gasteiger partial charge >= 0.3 is 0 Å². The molecule has 1 aromatic rings. The van der Waals surface area contributed by atoms with Crippen LogP contribution in [0.1, 0.15) is 15.9 Å². The van der Waals surface area contributed by atoms with Gasteiger partial charge in [0.2, 0.25) is 0 Å². The topological polar surface area (TPSA) is 26.3 Å². The van der Waals surface area contributed by atoms with Crippen LogP contribution in [0.5, 0.6) is 5.75 Å². The van der Waals surface area contributed by atoms with Crippen LogP contribution in [0, 0.1) is 6.92 Å². The van der Waals surface area contributed by atoms with Gasteiger partial charge in [0.25, 0.3) is 0 Å². The number of ether oxygens (including phenoxy) is 1. The molecule has 0 heterocycles. The first-order chi connectivity index (χ1) is 6.61. The SMILES string of the molecule is COc1c(C)ccc(C(=O)CCl)c1Cl. The summed E-state index contributed by atoms with van der Waals surface area (Å²) in [5, 5.41) is 0.332. The summed E-state index contributed by atoms with van der Waals surface area (Å²) in [6, 6.07) is 3.44. The highest BCUT2D eigenvalue weighted by atomic mass is 35.5. The van der Waals surface area contributed by atoms with Crippen LogP contribution in [-0.2, 0) is 0 Å². The Morgan fingerprint density at radius 2 is 2.14 bits per heavy atom. The van der Waals surface area contributed by atoms with Gasteiger partial charge in [0.15, 0.2) is 5.78 Å². The Morgan fingerprint density at radius 3 is 2.64 bits per heavy atom. The highest BCUT2D eigenvalue weighted by molar-refractivity contribution is 6.38. The molecule has 1 aromatic carbocycles. The molecule has 14 heavy (non-hydrogen) atoms. The third-order valence-corrected chi connectivity index (χ3v) is 2.54. The third kappa shape index (κ3) is 2.02. The Morgan fingerprint density at radius 1 is 1.50 bits per heavy atom. The number of Topliss-reactive ketones (excluding diaryl/α,β-unsaturated/α-hetero) is 1. The van der Waals surface area contributed by atoms with Crippen molar-refractivity contribution in [3.63, 3.8) is 0 Å². The average Bonchev–Trinajstić information content (AvgIpc) is 2.18. The molecule has 0 atom stereocenters. The van der Waals surface area contributed by atoms with Gasteiger partial charge in [0.1, 0.15) is 5.75 Å². The van der Waals surface area contributed by atoms with Crippen molar-refractivity contribution in [3.05, 3.63) is 28.3 Å². The van der Waals surface area contributed by atoms with Crippen molar-refractivity contribution in [2.24, 2.45) is 0 Å². The molecule has 0 aromatic heterocycles. The Hall–Kier alpha value is -0.730. The van der Waals surface area contributed by atoms with E-state index in [9.17, 15) is 4.79 Å². The standard InChI is InChI=1S/C10H10Cl2O2/c1-6-3-4-7(8(13)5-11)9(12)10(6)14-2/h3-4H,5H2,1-2H3. The Balaban J connectivity index is 3.28. The van der Waals surface area contributed by atoms with Gasteiger partial charge in [-0.15, -0.1) is 11.6 Å². The number of carbonyl (C=O) groups is 1. The number of methoxy groups -OCH3 is 1. The van der Waals surface area contributed by atoms with Crippen LogP contribution < -0.4 is 4.74 Å². The van der Waals surface area contributed by atoms with E-state index in [2.05, 4.69) is 0 Å². The van der Waals surface area contributed by atoms with Crippen molar-refractivity contribution in [3.8, 4) is 5.75 Å². The van der Waals surface area contributed by atoms with E-state index in [0.29, 0.717) is 16.3 Å². The number of rotatable bonds is 3. The zero-order chi connectivity index (χ0) is 10.7. The number of hydrogen-bond donors (Lipinski definition) is 0. The molecule has 0 radical (unpaired) electrons. The summed E-state index contributed by atoms with van der Waals surface area (Å²) in [4.78, 5) is 11.3. The number of ketones is 1. The maximum atomic E-state index is 11.3. The van der Waals surface area contributed by atoms with Crippen LogP contribution in [0.15, 0.2) is 12.1 Å². The fourth-order valence-corrected chi connectivity index (χ4v) is 1.73. The maximum Gasteiger partial charge on any atom is 0.179 e. The van der Waals surface area contributed by atoms with Gasteiger partial charge in [0, 0.05) is 5.56 Å². The minimum Gasteiger partial charge on any atom is -0.495 e. The first-order valence-electron chi connectivity index (χ1n) is 4.04. The number of alkyl halides is 1. The molecule has 0 aliphatic heterocycles. The minimum atomic E-state index is -0.199. The van der Waals surface area contributed by atoms with E-state index < -0.39 is 0 Å². The van der Waals surface area contributed by atoms with Gasteiger partial charge in [-0.3, -0.25) is 4.79 Å². The molecule has 0 spiro atoms. The lowest BCUT2D eigenvalue weighted by atomic mass is 10.1. The molecule has 0 bridgehead atoms. The number of carbonyl (C=O) groups excluding carboxylic acids is 1.